The van der Waals surface area contributed by atoms with Crippen LogP contribution in [0.3, 0.4) is 0 Å². The van der Waals surface area contributed by atoms with E-state index in [9.17, 15) is 8.42 Å². The molecule has 0 saturated heterocycles. The van der Waals surface area contributed by atoms with E-state index in [1.54, 1.807) is 30.4 Å². The molecule has 148 valence electrons. The van der Waals surface area contributed by atoms with Gasteiger partial charge in [-0.05, 0) is 31.0 Å². The zero-order chi connectivity index (χ0) is 20.0. The summed E-state index contributed by atoms with van der Waals surface area (Å²) in [5.41, 5.74) is 2.66. The summed E-state index contributed by atoms with van der Waals surface area (Å²) in [4.78, 5) is 11.5. The molecule has 1 aromatic heterocycles. The second-order valence-corrected chi connectivity index (χ2v) is 9.26. The van der Waals surface area contributed by atoms with Gasteiger partial charge in [-0.2, -0.15) is 0 Å². The molecule has 0 bridgehead atoms. The minimum Gasteiger partial charge on any atom is -0.357 e. The number of hydrogen-bond acceptors (Lipinski definition) is 6. The number of aryl methyl sites for hydroxylation is 1. The fourth-order valence-corrected chi connectivity index (χ4v) is 4.21. The van der Waals surface area contributed by atoms with Gasteiger partial charge >= 0.3 is 0 Å². The Labute approximate surface area is 165 Å². The molecule has 2 aromatic rings. The van der Waals surface area contributed by atoms with Gasteiger partial charge in [-0.1, -0.05) is 12.1 Å². The second kappa shape index (κ2) is 9.18. The van der Waals surface area contributed by atoms with Gasteiger partial charge < -0.3 is 15.5 Å². The molecule has 0 unspecified atom stereocenters. The SMILES string of the molecule is CCNC(=NCc1ccc(S(C)(=O)=O)c(C)c1)NCc1csc(N(C)C)n1. The van der Waals surface area contributed by atoms with Crippen molar-refractivity contribution in [3.05, 3.63) is 40.4 Å². The van der Waals surface area contributed by atoms with Crippen LogP contribution < -0.4 is 15.5 Å². The Morgan fingerprint density at radius 2 is 2.04 bits per heavy atom. The lowest BCUT2D eigenvalue weighted by atomic mass is 10.1. The van der Waals surface area contributed by atoms with Crippen molar-refractivity contribution in [3.8, 4) is 0 Å². The van der Waals surface area contributed by atoms with Crippen LogP contribution in [0.4, 0.5) is 5.13 Å². The molecule has 0 aliphatic rings. The maximum atomic E-state index is 11.7. The van der Waals surface area contributed by atoms with Crippen molar-refractivity contribution in [2.45, 2.75) is 31.8 Å². The molecule has 0 saturated carbocycles. The van der Waals surface area contributed by atoms with Crippen molar-refractivity contribution in [1.82, 2.24) is 15.6 Å². The molecule has 0 radical (unpaired) electrons. The Balaban J connectivity index is 2.05. The van der Waals surface area contributed by atoms with Gasteiger partial charge in [0.05, 0.1) is 23.7 Å². The van der Waals surface area contributed by atoms with Crippen molar-refractivity contribution < 1.29 is 8.42 Å². The molecule has 27 heavy (non-hydrogen) atoms. The molecule has 9 heteroatoms. The van der Waals surface area contributed by atoms with Gasteiger partial charge in [0.25, 0.3) is 0 Å². The summed E-state index contributed by atoms with van der Waals surface area (Å²) < 4.78 is 23.4. The first-order valence-electron chi connectivity index (χ1n) is 8.64. The predicted octanol–water partition coefficient (Wildman–Crippen LogP) is 2.18. The molecule has 0 aliphatic carbocycles. The van der Waals surface area contributed by atoms with E-state index >= 15 is 0 Å². The van der Waals surface area contributed by atoms with E-state index in [1.165, 1.54) is 6.26 Å². The van der Waals surface area contributed by atoms with Crippen LogP contribution in [-0.4, -0.2) is 46.3 Å². The fraction of sp³-hybridized carbons (Fsp3) is 0.444. The lowest BCUT2D eigenvalue weighted by molar-refractivity contribution is 0.601. The molecular weight excluding hydrogens is 382 g/mol. The number of rotatable bonds is 7. The van der Waals surface area contributed by atoms with Gasteiger partial charge in [0.15, 0.2) is 20.9 Å². The molecule has 7 nitrogen and oxygen atoms in total. The Bertz CT molecular complexity index is 904. The predicted molar refractivity (Wildman–Crippen MR) is 112 cm³/mol. The summed E-state index contributed by atoms with van der Waals surface area (Å²) in [5.74, 6) is 0.696. The lowest BCUT2D eigenvalue weighted by Crippen LogP contribution is -2.36. The molecule has 0 spiro atoms. The molecule has 0 fully saturated rings. The lowest BCUT2D eigenvalue weighted by Gasteiger charge is -2.11. The third-order valence-electron chi connectivity index (χ3n) is 3.76. The summed E-state index contributed by atoms with van der Waals surface area (Å²) in [7, 11) is 0.738. The number of aromatic nitrogens is 1. The molecule has 0 aliphatic heterocycles. The smallest absolute Gasteiger partial charge is 0.191 e. The van der Waals surface area contributed by atoms with E-state index < -0.39 is 9.84 Å². The molecule has 2 rings (SSSR count). The molecule has 0 amide bonds. The first-order valence-corrected chi connectivity index (χ1v) is 11.4. The van der Waals surface area contributed by atoms with Gasteiger partial charge in [0.1, 0.15) is 0 Å². The zero-order valence-electron chi connectivity index (χ0n) is 16.4. The third kappa shape index (κ3) is 6.21. The Morgan fingerprint density at radius 3 is 2.59 bits per heavy atom. The number of benzene rings is 1. The number of nitrogens with zero attached hydrogens (tertiary/aromatic N) is 3. The van der Waals surface area contributed by atoms with Gasteiger partial charge in [-0.3, -0.25) is 0 Å². The van der Waals surface area contributed by atoms with Crippen LogP contribution in [0, 0.1) is 6.92 Å². The summed E-state index contributed by atoms with van der Waals surface area (Å²) >= 11 is 1.60. The summed E-state index contributed by atoms with van der Waals surface area (Å²) in [6.45, 7) is 5.60. The van der Waals surface area contributed by atoms with Crippen LogP contribution in [0.25, 0.3) is 0 Å². The quantitative estimate of drug-likeness (QED) is 0.538. The highest BCUT2D eigenvalue weighted by Crippen LogP contribution is 2.18. The first kappa shape index (κ1) is 21.2. The van der Waals surface area contributed by atoms with E-state index in [0.29, 0.717) is 23.9 Å². The monoisotopic (exact) mass is 409 g/mol. The van der Waals surface area contributed by atoms with Crippen molar-refractivity contribution in [3.63, 3.8) is 0 Å². The number of sulfone groups is 1. The number of thiazole rings is 1. The highest BCUT2D eigenvalue weighted by atomic mass is 32.2. The average molecular weight is 410 g/mol. The van der Waals surface area contributed by atoms with Gasteiger partial charge in [-0.15, -0.1) is 11.3 Å². The Morgan fingerprint density at radius 1 is 1.30 bits per heavy atom. The van der Waals surface area contributed by atoms with Crippen LogP contribution in [0.5, 0.6) is 0 Å². The Kier molecular flexibility index (Phi) is 7.20. The van der Waals surface area contributed by atoms with Crippen LogP contribution >= 0.6 is 11.3 Å². The summed E-state index contributed by atoms with van der Waals surface area (Å²) in [6, 6.07) is 5.32. The average Bonchev–Trinajstić information content (AvgIpc) is 3.05. The molecular formula is C18H27N5O2S2. The maximum absolute atomic E-state index is 11.7. The normalized spacial score (nSPS) is 12.1. The minimum absolute atomic E-state index is 0.362. The van der Waals surface area contributed by atoms with Crippen LogP contribution in [0.1, 0.15) is 23.7 Å². The van der Waals surface area contributed by atoms with Gasteiger partial charge in [-0.25, -0.2) is 18.4 Å². The number of aliphatic imine (C=N–C) groups is 1. The van der Waals surface area contributed by atoms with Crippen molar-refractivity contribution in [2.24, 2.45) is 4.99 Å². The highest BCUT2D eigenvalue weighted by molar-refractivity contribution is 7.90. The number of nitrogens with one attached hydrogen (secondary N) is 2. The molecule has 1 heterocycles. The zero-order valence-corrected chi connectivity index (χ0v) is 18.0. The topological polar surface area (TPSA) is 86.7 Å². The van der Waals surface area contributed by atoms with Gasteiger partial charge in [0, 0.05) is 32.3 Å². The van der Waals surface area contributed by atoms with Crippen LogP contribution in [0.15, 0.2) is 33.5 Å². The summed E-state index contributed by atoms with van der Waals surface area (Å²) in [5, 5.41) is 9.48. The van der Waals surface area contributed by atoms with E-state index in [-0.39, 0.29) is 0 Å². The van der Waals surface area contributed by atoms with Crippen molar-refractivity contribution in [2.75, 3.05) is 31.8 Å². The third-order valence-corrected chi connectivity index (χ3v) is 6.08. The highest BCUT2D eigenvalue weighted by Gasteiger charge is 2.11. The van der Waals surface area contributed by atoms with Crippen molar-refractivity contribution >= 4 is 32.3 Å². The van der Waals surface area contributed by atoms with Gasteiger partial charge in [0.2, 0.25) is 0 Å². The standard InChI is InChI=1S/C18H27N5O2S2/c1-6-19-17(21-11-15-12-26-18(22-15)23(3)4)20-10-14-7-8-16(13(2)9-14)27(5,24)25/h7-9,12H,6,10-11H2,1-5H3,(H2,19,20,21). The van der Waals surface area contributed by atoms with E-state index in [2.05, 4.69) is 20.6 Å². The number of guanidine groups is 1. The van der Waals surface area contributed by atoms with Crippen LogP contribution in [0.2, 0.25) is 0 Å². The molecule has 2 N–H and O–H groups in total. The molecule has 0 atom stereocenters. The molecule has 1 aromatic carbocycles. The Hall–Kier alpha value is -2.13. The fourth-order valence-electron chi connectivity index (χ4n) is 2.50. The van der Waals surface area contributed by atoms with E-state index in [4.69, 9.17) is 0 Å². The largest absolute Gasteiger partial charge is 0.357 e. The second-order valence-electron chi connectivity index (χ2n) is 6.44. The van der Waals surface area contributed by atoms with E-state index in [1.807, 2.05) is 37.4 Å². The summed E-state index contributed by atoms with van der Waals surface area (Å²) in [6.07, 6.45) is 1.22. The van der Waals surface area contributed by atoms with E-state index in [0.717, 1.165) is 28.5 Å². The van der Waals surface area contributed by atoms with Crippen LogP contribution in [-0.2, 0) is 22.9 Å². The maximum Gasteiger partial charge on any atom is 0.191 e. The minimum atomic E-state index is -3.20. The first-order chi connectivity index (χ1) is 12.7. The number of anilines is 1. The number of hydrogen-bond donors (Lipinski definition) is 2. The van der Waals surface area contributed by atoms with Crippen molar-refractivity contribution in [1.29, 1.82) is 0 Å².